The van der Waals surface area contributed by atoms with Crippen LogP contribution in [0.25, 0.3) is 11.0 Å². The summed E-state index contributed by atoms with van der Waals surface area (Å²) in [6.45, 7) is 1.32. The predicted molar refractivity (Wildman–Crippen MR) is 97.4 cm³/mol. The highest BCUT2D eigenvalue weighted by Crippen LogP contribution is 2.18. The molecule has 0 bridgehead atoms. The zero-order valence-electron chi connectivity index (χ0n) is 14.7. The molecular weight excluding hydrogens is 356 g/mol. The summed E-state index contributed by atoms with van der Waals surface area (Å²) in [7, 11) is 0. The number of fused-ring (bicyclic) bond motifs is 1. The van der Waals surface area contributed by atoms with Crippen molar-refractivity contribution in [2.45, 2.75) is 27.0 Å². The number of aryl methyl sites for hydroxylation is 2. The highest BCUT2D eigenvalue weighted by molar-refractivity contribution is 6.05. The molecule has 0 fully saturated rings. The normalized spacial score (nSPS) is 11.0. The van der Waals surface area contributed by atoms with Crippen LogP contribution in [0.4, 0.5) is 14.5 Å². The van der Waals surface area contributed by atoms with Crippen molar-refractivity contribution >= 4 is 22.6 Å². The van der Waals surface area contributed by atoms with Crippen molar-refractivity contribution in [1.82, 2.24) is 9.55 Å². The van der Waals surface area contributed by atoms with Crippen LogP contribution in [0.1, 0.15) is 23.0 Å². The first-order chi connectivity index (χ1) is 12.9. The molecule has 2 heterocycles. The number of ether oxygens (including phenoxy) is 1. The Balaban J connectivity index is 1.93. The maximum Gasteiger partial charge on any atom is 0.387 e. The zero-order valence-corrected chi connectivity index (χ0v) is 14.7. The van der Waals surface area contributed by atoms with Crippen molar-refractivity contribution in [2.75, 3.05) is 5.32 Å². The van der Waals surface area contributed by atoms with Crippen molar-refractivity contribution in [1.29, 1.82) is 0 Å². The molecule has 8 heteroatoms. The highest BCUT2D eigenvalue weighted by Gasteiger charge is 2.16. The van der Waals surface area contributed by atoms with E-state index in [4.69, 9.17) is 0 Å². The van der Waals surface area contributed by atoms with Crippen LogP contribution >= 0.6 is 0 Å². The van der Waals surface area contributed by atoms with Gasteiger partial charge in [0, 0.05) is 24.1 Å². The minimum Gasteiger partial charge on any atom is -0.435 e. The molecule has 3 aromatic rings. The number of pyridine rings is 2. The fourth-order valence-electron chi connectivity index (χ4n) is 2.68. The van der Waals surface area contributed by atoms with E-state index in [1.165, 1.54) is 30.5 Å². The van der Waals surface area contributed by atoms with Gasteiger partial charge in [0.1, 0.15) is 17.0 Å². The van der Waals surface area contributed by atoms with E-state index < -0.39 is 17.9 Å². The third-order valence-electron chi connectivity index (χ3n) is 3.98. The summed E-state index contributed by atoms with van der Waals surface area (Å²) in [5, 5.41) is 2.95. The van der Waals surface area contributed by atoms with Gasteiger partial charge in [0.05, 0.1) is 5.39 Å². The average Bonchev–Trinajstić information content (AvgIpc) is 2.63. The second-order valence-corrected chi connectivity index (χ2v) is 5.84. The Bertz CT molecular complexity index is 1050. The molecule has 0 saturated heterocycles. The number of hydrogen-bond donors (Lipinski definition) is 1. The molecule has 27 heavy (non-hydrogen) atoms. The van der Waals surface area contributed by atoms with Crippen LogP contribution in [0.2, 0.25) is 0 Å². The van der Waals surface area contributed by atoms with Gasteiger partial charge in [-0.05, 0) is 50.2 Å². The number of amides is 1. The Morgan fingerprint density at radius 2 is 1.93 bits per heavy atom. The first-order valence-corrected chi connectivity index (χ1v) is 8.26. The number of carbonyl (C=O) groups is 1. The van der Waals surface area contributed by atoms with Gasteiger partial charge in [-0.3, -0.25) is 9.59 Å². The maximum atomic E-state index is 12.7. The van der Waals surface area contributed by atoms with Crippen LogP contribution in [0, 0.1) is 6.92 Å². The number of halogens is 2. The van der Waals surface area contributed by atoms with E-state index in [1.54, 1.807) is 16.7 Å². The van der Waals surface area contributed by atoms with Gasteiger partial charge in [-0.15, -0.1) is 0 Å². The topological polar surface area (TPSA) is 73.2 Å². The predicted octanol–water partition coefficient (Wildman–Crippen LogP) is 3.58. The lowest BCUT2D eigenvalue weighted by Gasteiger charge is -2.12. The van der Waals surface area contributed by atoms with Gasteiger partial charge >= 0.3 is 6.61 Å². The quantitative estimate of drug-likeness (QED) is 0.742. The van der Waals surface area contributed by atoms with Crippen molar-refractivity contribution in [3.8, 4) is 5.75 Å². The summed E-state index contributed by atoms with van der Waals surface area (Å²) in [6.07, 6.45) is 1.47. The molecule has 0 aliphatic heterocycles. The second kappa shape index (κ2) is 7.53. The molecule has 0 radical (unpaired) electrons. The van der Waals surface area contributed by atoms with Crippen LogP contribution in [-0.4, -0.2) is 22.1 Å². The van der Waals surface area contributed by atoms with E-state index in [1.807, 2.05) is 13.8 Å². The average molecular weight is 373 g/mol. The van der Waals surface area contributed by atoms with Crippen molar-refractivity contribution in [3.63, 3.8) is 0 Å². The van der Waals surface area contributed by atoms with Gasteiger partial charge in [-0.1, -0.05) is 0 Å². The van der Waals surface area contributed by atoms with E-state index in [2.05, 4.69) is 15.0 Å². The number of benzene rings is 1. The maximum absolute atomic E-state index is 12.7. The van der Waals surface area contributed by atoms with Gasteiger partial charge < -0.3 is 14.6 Å². The molecule has 0 unspecified atom stereocenters. The van der Waals surface area contributed by atoms with E-state index in [9.17, 15) is 18.4 Å². The summed E-state index contributed by atoms with van der Waals surface area (Å²) in [5.41, 5.74) is 1.20. The van der Waals surface area contributed by atoms with Crippen LogP contribution < -0.4 is 15.5 Å². The summed E-state index contributed by atoms with van der Waals surface area (Å²) >= 11 is 0. The highest BCUT2D eigenvalue weighted by atomic mass is 19.3. The monoisotopic (exact) mass is 373 g/mol. The summed E-state index contributed by atoms with van der Waals surface area (Å²) < 4.78 is 30.4. The first kappa shape index (κ1) is 18.5. The molecule has 3 rings (SSSR count). The fourth-order valence-corrected chi connectivity index (χ4v) is 2.68. The number of aromatic nitrogens is 2. The zero-order chi connectivity index (χ0) is 19.6. The Kier molecular flexibility index (Phi) is 5.16. The largest absolute Gasteiger partial charge is 0.435 e. The Hall–Kier alpha value is -3.29. The minimum atomic E-state index is -2.92. The van der Waals surface area contributed by atoms with Crippen molar-refractivity contribution in [3.05, 3.63) is 64.1 Å². The summed E-state index contributed by atoms with van der Waals surface area (Å²) in [4.78, 5) is 29.7. The summed E-state index contributed by atoms with van der Waals surface area (Å²) in [6, 6.07) is 8.81. The van der Waals surface area contributed by atoms with Gasteiger partial charge in [0.2, 0.25) is 5.43 Å². The lowest BCUT2D eigenvalue weighted by molar-refractivity contribution is -0.0498. The number of nitrogens with one attached hydrogen (secondary N) is 1. The van der Waals surface area contributed by atoms with Crippen LogP contribution in [0.5, 0.6) is 5.75 Å². The molecule has 1 N–H and O–H groups in total. The molecule has 2 aromatic heterocycles. The van der Waals surface area contributed by atoms with Gasteiger partial charge in [0.15, 0.2) is 0 Å². The molecule has 0 atom stereocenters. The van der Waals surface area contributed by atoms with Gasteiger partial charge in [-0.25, -0.2) is 4.98 Å². The smallest absolute Gasteiger partial charge is 0.387 e. The fraction of sp³-hybridized carbons (Fsp3) is 0.211. The second-order valence-electron chi connectivity index (χ2n) is 5.84. The third kappa shape index (κ3) is 3.94. The van der Waals surface area contributed by atoms with E-state index >= 15 is 0 Å². The minimum absolute atomic E-state index is 0.0245. The number of alkyl halides is 2. The Morgan fingerprint density at radius 3 is 2.56 bits per heavy atom. The van der Waals surface area contributed by atoms with E-state index in [0.29, 0.717) is 23.3 Å². The van der Waals surface area contributed by atoms with Crippen LogP contribution in [-0.2, 0) is 6.54 Å². The molecule has 0 saturated carbocycles. The van der Waals surface area contributed by atoms with Crippen molar-refractivity contribution in [2.24, 2.45) is 0 Å². The molecular formula is C19H17F2N3O3. The summed E-state index contributed by atoms with van der Waals surface area (Å²) in [5.74, 6) is -0.615. The molecule has 0 aliphatic carbocycles. The number of anilines is 1. The Morgan fingerprint density at radius 1 is 1.22 bits per heavy atom. The number of nitrogens with zero attached hydrogens (tertiary/aromatic N) is 2. The molecule has 1 aromatic carbocycles. The first-order valence-electron chi connectivity index (χ1n) is 8.26. The van der Waals surface area contributed by atoms with E-state index in [0.717, 1.165) is 5.69 Å². The van der Waals surface area contributed by atoms with Gasteiger partial charge in [-0.2, -0.15) is 8.78 Å². The molecule has 0 aliphatic rings. The lowest BCUT2D eigenvalue weighted by atomic mass is 10.1. The SMILES string of the molecule is CCn1cc(C(=O)Nc2ccc(OC(F)F)cc2)c(=O)c2ccc(C)nc21. The number of rotatable bonds is 5. The van der Waals surface area contributed by atoms with E-state index in [-0.39, 0.29) is 11.3 Å². The molecule has 140 valence electrons. The van der Waals surface area contributed by atoms with Crippen molar-refractivity contribution < 1.29 is 18.3 Å². The molecule has 0 spiro atoms. The lowest BCUT2D eigenvalue weighted by Crippen LogP contribution is -2.24. The standard InChI is InChI=1S/C19H17F2N3O3/c1-3-24-10-15(16(25)14-9-4-11(2)22-17(14)24)18(26)23-12-5-7-13(8-6-12)27-19(20)21/h4-10,19H,3H2,1-2H3,(H,23,26). The number of hydrogen-bond acceptors (Lipinski definition) is 4. The third-order valence-corrected chi connectivity index (χ3v) is 3.98. The van der Waals surface area contributed by atoms with Crippen LogP contribution in [0.15, 0.2) is 47.4 Å². The van der Waals surface area contributed by atoms with Crippen LogP contribution in [0.3, 0.4) is 0 Å². The van der Waals surface area contributed by atoms with Gasteiger partial charge in [0.25, 0.3) is 5.91 Å². The Labute approximate surface area is 153 Å². The number of carbonyl (C=O) groups excluding carboxylic acids is 1. The molecule has 1 amide bonds. The molecule has 6 nitrogen and oxygen atoms in total.